The zero-order valence-corrected chi connectivity index (χ0v) is 22.0. The SMILES string of the molecule is COc1ccc2c(c1)[C@]1(CC1c1ccc3c(C=Cc4cc(F)c(CN5CCOCC5)c(F)c4)n[nH]c3c1)C(=O)N2. The highest BCUT2D eigenvalue weighted by molar-refractivity contribution is 6.10. The van der Waals surface area contributed by atoms with Gasteiger partial charge in [0.05, 0.1) is 36.9 Å². The van der Waals surface area contributed by atoms with E-state index < -0.39 is 17.0 Å². The first-order valence-corrected chi connectivity index (χ1v) is 13.4. The number of halogens is 2. The monoisotopic (exact) mass is 542 g/mol. The smallest absolute Gasteiger partial charge is 0.235 e. The molecule has 7 nitrogen and oxygen atoms in total. The molecule has 9 heteroatoms. The van der Waals surface area contributed by atoms with Crippen molar-refractivity contribution in [2.24, 2.45) is 0 Å². The number of carbonyl (C=O) groups excluding carboxylic acids is 1. The summed E-state index contributed by atoms with van der Waals surface area (Å²) in [6.07, 6.45) is 4.14. The van der Waals surface area contributed by atoms with Gasteiger partial charge in [-0.3, -0.25) is 14.8 Å². The van der Waals surface area contributed by atoms with Gasteiger partial charge in [-0.25, -0.2) is 8.78 Å². The van der Waals surface area contributed by atoms with Gasteiger partial charge in [-0.15, -0.1) is 0 Å². The van der Waals surface area contributed by atoms with Crippen molar-refractivity contribution in [3.8, 4) is 5.75 Å². The van der Waals surface area contributed by atoms with Crippen molar-refractivity contribution in [1.82, 2.24) is 15.1 Å². The molecule has 2 N–H and O–H groups in total. The number of H-pyrrole nitrogens is 1. The molecule has 1 aliphatic carbocycles. The van der Waals surface area contributed by atoms with E-state index in [1.54, 1.807) is 19.3 Å². The summed E-state index contributed by atoms with van der Waals surface area (Å²) < 4.78 is 40.3. The van der Waals surface area contributed by atoms with Crippen molar-refractivity contribution in [2.45, 2.75) is 24.3 Å². The Bertz CT molecular complexity index is 1650. The fourth-order valence-corrected chi connectivity index (χ4v) is 6.13. The lowest BCUT2D eigenvalue weighted by Crippen LogP contribution is -2.36. The second-order valence-electron chi connectivity index (χ2n) is 10.7. The number of morpholine rings is 1. The number of anilines is 1. The van der Waals surface area contributed by atoms with Crippen LogP contribution in [0.2, 0.25) is 0 Å². The Balaban J connectivity index is 1.11. The van der Waals surface area contributed by atoms with Gasteiger partial charge in [0.1, 0.15) is 17.4 Å². The van der Waals surface area contributed by atoms with Crippen molar-refractivity contribution in [1.29, 1.82) is 0 Å². The van der Waals surface area contributed by atoms with Crippen molar-refractivity contribution in [2.75, 3.05) is 38.7 Å². The van der Waals surface area contributed by atoms with E-state index in [0.717, 1.165) is 39.9 Å². The normalized spacial score (nSPS) is 22.3. The molecule has 1 spiro atoms. The number of fused-ring (bicyclic) bond motifs is 3. The van der Waals surface area contributed by atoms with Crippen LogP contribution in [-0.2, 0) is 21.5 Å². The lowest BCUT2D eigenvalue weighted by molar-refractivity contribution is -0.118. The molecule has 1 amide bonds. The maximum atomic E-state index is 14.8. The Morgan fingerprint density at radius 2 is 1.90 bits per heavy atom. The van der Waals surface area contributed by atoms with Crippen LogP contribution in [0.3, 0.4) is 0 Å². The average Bonchev–Trinajstić information content (AvgIpc) is 3.51. The van der Waals surface area contributed by atoms with Crippen LogP contribution >= 0.6 is 0 Å². The van der Waals surface area contributed by atoms with E-state index in [1.807, 2.05) is 41.3 Å². The summed E-state index contributed by atoms with van der Waals surface area (Å²) in [6, 6.07) is 14.4. The maximum Gasteiger partial charge on any atom is 0.235 e. The Labute approximate surface area is 229 Å². The zero-order valence-electron chi connectivity index (χ0n) is 22.0. The predicted octanol–water partition coefficient (Wildman–Crippen LogP) is 5.23. The van der Waals surface area contributed by atoms with E-state index in [-0.39, 0.29) is 23.9 Å². The maximum absolute atomic E-state index is 14.8. The van der Waals surface area contributed by atoms with Gasteiger partial charge in [0, 0.05) is 42.2 Å². The third kappa shape index (κ3) is 4.08. The first kappa shape index (κ1) is 24.9. The number of nitrogens with one attached hydrogen (secondary N) is 2. The van der Waals surface area contributed by atoms with Gasteiger partial charge < -0.3 is 14.8 Å². The number of benzene rings is 3. The van der Waals surface area contributed by atoms with Crippen LogP contribution in [0.5, 0.6) is 5.75 Å². The number of amides is 1. The van der Waals surface area contributed by atoms with Gasteiger partial charge in [-0.05, 0) is 65.6 Å². The van der Waals surface area contributed by atoms with Gasteiger partial charge in [0.15, 0.2) is 0 Å². The molecule has 0 radical (unpaired) electrons. The molecule has 1 unspecified atom stereocenters. The third-order valence-corrected chi connectivity index (χ3v) is 8.42. The minimum absolute atomic E-state index is 0.0181. The highest BCUT2D eigenvalue weighted by Gasteiger charge is 2.65. The van der Waals surface area contributed by atoms with Gasteiger partial charge in [-0.2, -0.15) is 5.10 Å². The van der Waals surface area contributed by atoms with Gasteiger partial charge >= 0.3 is 0 Å². The Kier molecular flexibility index (Phi) is 5.94. The van der Waals surface area contributed by atoms with Crippen LogP contribution in [0.15, 0.2) is 48.5 Å². The molecule has 4 aromatic rings. The van der Waals surface area contributed by atoms with E-state index in [1.165, 1.54) is 12.1 Å². The van der Waals surface area contributed by atoms with E-state index >= 15 is 0 Å². The van der Waals surface area contributed by atoms with E-state index in [2.05, 4.69) is 15.5 Å². The summed E-state index contributed by atoms with van der Waals surface area (Å²) in [5.41, 5.74) is 4.29. The second-order valence-corrected chi connectivity index (χ2v) is 10.7. The third-order valence-electron chi connectivity index (χ3n) is 8.42. The molecule has 3 aliphatic rings. The molecule has 2 aliphatic heterocycles. The first-order valence-electron chi connectivity index (χ1n) is 13.4. The quantitative estimate of drug-likeness (QED) is 0.349. The Hall–Kier alpha value is -4.08. The van der Waals surface area contributed by atoms with Crippen LogP contribution in [0, 0.1) is 11.6 Å². The molecule has 3 aromatic carbocycles. The summed E-state index contributed by atoms with van der Waals surface area (Å²) in [5.74, 6) is -0.321. The molecule has 2 fully saturated rings. The van der Waals surface area contributed by atoms with Crippen molar-refractivity contribution < 1.29 is 23.0 Å². The molecular weight excluding hydrogens is 514 g/mol. The van der Waals surface area contributed by atoms with Crippen molar-refractivity contribution in [3.05, 3.63) is 88.1 Å². The fraction of sp³-hybridized carbons (Fsp3) is 0.290. The molecule has 1 aromatic heterocycles. The number of nitrogens with zero attached hydrogens (tertiary/aromatic N) is 2. The van der Waals surface area contributed by atoms with Crippen molar-refractivity contribution >= 4 is 34.6 Å². The minimum Gasteiger partial charge on any atom is -0.497 e. The standard InChI is InChI=1S/C31H28F2N4O3/c1-39-20-4-7-28-23(15-20)31(30(38)34-28)16-24(31)19-3-5-21-27(35-36-29(21)14-19)6-2-18-12-25(32)22(26(33)13-18)17-37-8-10-40-11-9-37/h2-7,12-15,24H,8-11,16-17H2,1H3,(H,34,38)(H,35,36)/t24?,31-/m0/s1. The largest absolute Gasteiger partial charge is 0.497 e. The fourth-order valence-electron chi connectivity index (χ4n) is 6.13. The summed E-state index contributed by atoms with van der Waals surface area (Å²) in [6.45, 7) is 2.68. The summed E-state index contributed by atoms with van der Waals surface area (Å²) in [7, 11) is 1.62. The molecule has 0 bridgehead atoms. The number of aromatic nitrogens is 2. The molecule has 1 saturated carbocycles. The molecule has 204 valence electrons. The van der Waals surface area contributed by atoms with E-state index in [9.17, 15) is 13.6 Å². The predicted molar refractivity (Wildman–Crippen MR) is 148 cm³/mol. The van der Waals surface area contributed by atoms with Gasteiger partial charge in [0.25, 0.3) is 0 Å². The second kappa shape index (κ2) is 9.53. The number of aromatic amines is 1. The number of methoxy groups -OCH3 is 1. The topological polar surface area (TPSA) is 79.5 Å². The minimum atomic E-state index is -0.581. The number of carbonyl (C=O) groups is 1. The first-order chi connectivity index (χ1) is 19.5. The lowest BCUT2D eigenvalue weighted by atomic mass is 9.91. The van der Waals surface area contributed by atoms with E-state index in [4.69, 9.17) is 9.47 Å². The number of hydrogen-bond donors (Lipinski definition) is 2. The van der Waals surface area contributed by atoms with Gasteiger partial charge in [-0.1, -0.05) is 18.2 Å². The lowest BCUT2D eigenvalue weighted by Gasteiger charge is -2.26. The van der Waals surface area contributed by atoms with Crippen LogP contribution < -0.4 is 10.1 Å². The molecule has 2 atom stereocenters. The molecule has 3 heterocycles. The zero-order chi connectivity index (χ0) is 27.4. The molecule has 7 rings (SSSR count). The summed E-state index contributed by atoms with van der Waals surface area (Å²) in [4.78, 5) is 15.0. The Morgan fingerprint density at radius 1 is 1.10 bits per heavy atom. The summed E-state index contributed by atoms with van der Waals surface area (Å²) in [5, 5.41) is 11.4. The number of rotatable bonds is 6. The number of ether oxygens (including phenoxy) is 2. The van der Waals surface area contributed by atoms with Gasteiger partial charge in [0.2, 0.25) is 5.91 Å². The summed E-state index contributed by atoms with van der Waals surface area (Å²) >= 11 is 0. The van der Waals surface area contributed by atoms with E-state index in [0.29, 0.717) is 37.6 Å². The van der Waals surface area contributed by atoms with Crippen LogP contribution in [0.4, 0.5) is 14.5 Å². The average molecular weight is 543 g/mol. The van der Waals surface area contributed by atoms with Crippen LogP contribution in [0.25, 0.3) is 23.1 Å². The molecular formula is C31H28F2N4O3. The molecule has 1 saturated heterocycles. The number of hydrogen-bond acceptors (Lipinski definition) is 5. The molecule has 40 heavy (non-hydrogen) atoms. The van der Waals surface area contributed by atoms with Crippen molar-refractivity contribution in [3.63, 3.8) is 0 Å². The highest BCUT2D eigenvalue weighted by Crippen LogP contribution is 2.65. The van der Waals surface area contributed by atoms with Crippen LogP contribution in [0.1, 0.15) is 40.3 Å². The highest BCUT2D eigenvalue weighted by atomic mass is 19.1. The van der Waals surface area contributed by atoms with Crippen LogP contribution in [-0.4, -0.2) is 54.4 Å². The Morgan fingerprint density at radius 3 is 2.67 bits per heavy atom.